The van der Waals surface area contributed by atoms with Crippen LogP contribution in [0.15, 0.2) is 0 Å². The lowest BCUT2D eigenvalue weighted by Crippen LogP contribution is -2.52. The van der Waals surface area contributed by atoms with E-state index in [1.807, 2.05) is 0 Å². The van der Waals surface area contributed by atoms with Gasteiger partial charge in [-0.2, -0.15) is 0 Å². The summed E-state index contributed by atoms with van der Waals surface area (Å²) in [5.41, 5.74) is 5.96. The molecule has 0 aromatic rings. The SMILES string of the molecule is CCCCCCC(CN)N1CCN(CCC)CC1. The molecule has 0 aromatic carbocycles. The minimum atomic E-state index is 0.630. The fraction of sp³-hybridized carbons (Fsp3) is 1.00. The molecule has 1 heterocycles. The van der Waals surface area contributed by atoms with Crippen LogP contribution in [0.4, 0.5) is 0 Å². The maximum absolute atomic E-state index is 5.96. The Kier molecular flexibility index (Phi) is 8.64. The molecule has 108 valence electrons. The maximum Gasteiger partial charge on any atom is 0.0219 e. The fourth-order valence-corrected chi connectivity index (χ4v) is 2.92. The molecule has 0 radical (unpaired) electrons. The summed E-state index contributed by atoms with van der Waals surface area (Å²) < 4.78 is 0. The molecule has 0 bridgehead atoms. The molecule has 0 saturated carbocycles. The summed E-state index contributed by atoms with van der Waals surface area (Å²) in [6.45, 7) is 11.5. The van der Waals surface area contributed by atoms with Crippen LogP contribution in [0.2, 0.25) is 0 Å². The number of unbranched alkanes of at least 4 members (excludes halogenated alkanes) is 3. The standard InChI is InChI=1S/C15H33N3/c1-3-5-6-7-8-15(14-16)18-12-10-17(9-4-2)11-13-18/h15H,3-14,16H2,1-2H3. The van der Waals surface area contributed by atoms with E-state index >= 15 is 0 Å². The van der Waals surface area contributed by atoms with Crippen molar-refractivity contribution in [3.63, 3.8) is 0 Å². The van der Waals surface area contributed by atoms with E-state index in [9.17, 15) is 0 Å². The van der Waals surface area contributed by atoms with Crippen LogP contribution in [-0.4, -0.2) is 55.1 Å². The van der Waals surface area contributed by atoms with Crippen LogP contribution in [-0.2, 0) is 0 Å². The van der Waals surface area contributed by atoms with Crippen molar-refractivity contribution in [1.82, 2.24) is 9.80 Å². The van der Waals surface area contributed by atoms with Crippen molar-refractivity contribution in [3.05, 3.63) is 0 Å². The lowest BCUT2D eigenvalue weighted by Gasteiger charge is -2.39. The zero-order valence-electron chi connectivity index (χ0n) is 12.5. The van der Waals surface area contributed by atoms with E-state index in [-0.39, 0.29) is 0 Å². The summed E-state index contributed by atoms with van der Waals surface area (Å²) in [7, 11) is 0. The van der Waals surface area contributed by atoms with Gasteiger partial charge < -0.3 is 10.6 Å². The van der Waals surface area contributed by atoms with E-state index in [0.29, 0.717) is 6.04 Å². The van der Waals surface area contributed by atoms with E-state index in [1.54, 1.807) is 0 Å². The van der Waals surface area contributed by atoms with E-state index < -0.39 is 0 Å². The molecule has 1 aliphatic heterocycles. The first kappa shape index (κ1) is 15.9. The fourth-order valence-electron chi connectivity index (χ4n) is 2.92. The predicted octanol–water partition coefficient (Wildman–Crippen LogP) is 2.31. The number of piperazine rings is 1. The summed E-state index contributed by atoms with van der Waals surface area (Å²) >= 11 is 0. The largest absolute Gasteiger partial charge is 0.329 e. The quantitative estimate of drug-likeness (QED) is 0.642. The van der Waals surface area contributed by atoms with Gasteiger partial charge in [-0.1, -0.05) is 39.5 Å². The molecular weight excluding hydrogens is 222 g/mol. The third kappa shape index (κ3) is 5.68. The maximum atomic E-state index is 5.96. The van der Waals surface area contributed by atoms with Crippen LogP contribution in [0.25, 0.3) is 0 Å². The van der Waals surface area contributed by atoms with Crippen molar-refractivity contribution in [2.45, 2.75) is 58.4 Å². The molecule has 1 saturated heterocycles. The highest BCUT2D eigenvalue weighted by molar-refractivity contribution is 4.79. The molecule has 1 fully saturated rings. The number of rotatable bonds is 9. The Bertz CT molecular complexity index is 185. The van der Waals surface area contributed by atoms with Crippen molar-refractivity contribution >= 4 is 0 Å². The highest BCUT2D eigenvalue weighted by Crippen LogP contribution is 2.13. The van der Waals surface area contributed by atoms with E-state index in [2.05, 4.69) is 23.6 Å². The first-order valence-corrected chi connectivity index (χ1v) is 7.98. The number of hydrogen-bond acceptors (Lipinski definition) is 3. The Balaban J connectivity index is 2.20. The Morgan fingerprint density at radius 3 is 2.22 bits per heavy atom. The van der Waals surface area contributed by atoms with Gasteiger partial charge in [0.15, 0.2) is 0 Å². The molecule has 0 amide bonds. The molecule has 0 aliphatic carbocycles. The normalized spacial score (nSPS) is 20.2. The Morgan fingerprint density at radius 1 is 0.944 bits per heavy atom. The van der Waals surface area contributed by atoms with Crippen LogP contribution in [0.3, 0.4) is 0 Å². The zero-order valence-corrected chi connectivity index (χ0v) is 12.5. The smallest absolute Gasteiger partial charge is 0.0219 e. The molecule has 3 heteroatoms. The van der Waals surface area contributed by atoms with Crippen molar-refractivity contribution in [2.24, 2.45) is 5.73 Å². The number of hydrogen-bond donors (Lipinski definition) is 1. The first-order chi connectivity index (χ1) is 8.81. The second-order valence-corrected chi connectivity index (χ2v) is 5.62. The molecule has 0 spiro atoms. The van der Waals surface area contributed by atoms with Crippen molar-refractivity contribution < 1.29 is 0 Å². The predicted molar refractivity (Wildman–Crippen MR) is 79.9 cm³/mol. The van der Waals surface area contributed by atoms with Gasteiger partial charge in [-0.3, -0.25) is 4.90 Å². The van der Waals surface area contributed by atoms with Crippen LogP contribution in [0.1, 0.15) is 52.4 Å². The highest BCUT2D eigenvalue weighted by atomic mass is 15.3. The van der Waals surface area contributed by atoms with E-state index in [4.69, 9.17) is 5.73 Å². The van der Waals surface area contributed by atoms with Gasteiger partial charge in [0.05, 0.1) is 0 Å². The minimum absolute atomic E-state index is 0.630. The van der Waals surface area contributed by atoms with Crippen LogP contribution in [0.5, 0.6) is 0 Å². The van der Waals surface area contributed by atoms with Crippen LogP contribution in [0, 0.1) is 0 Å². The summed E-state index contributed by atoms with van der Waals surface area (Å²) in [5, 5.41) is 0. The minimum Gasteiger partial charge on any atom is -0.329 e. The molecule has 3 nitrogen and oxygen atoms in total. The third-order valence-electron chi connectivity index (χ3n) is 4.13. The molecule has 0 aromatic heterocycles. The molecule has 2 N–H and O–H groups in total. The summed E-state index contributed by atoms with van der Waals surface area (Å²) in [6.07, 6.45) is 8.00. The van der Waals surface area contributed by atoms with Gasteiger partial charge in [-0.05, 0) is 19.4 Å². The monoisotopic (exact) mass is 255 g/mol. The van der Waals surface area contributed by atoms with Crippen molar-refractivity contribution in [2.75, 3.05) is 39.3 Å². The van der Waals surface area contributed by atoms with Crippen LogP contribution < -0.4 is 5.73 Å². The lowest BCUT2D eigenvalue weighted by molar-refractivity contribution is 0.0938. The summed E-state index contributed by atoms with van der Waals surface area (Å²) in [5.74, 6) is 0. The average Bonchev–Trinajstić information content (AvgIpc) is 2.41. The second kappa shape index (κ2) is 9.76. The average molecular weight is 255 g/mol. The van der Waals surface area contributed by atoms with E-state index in [1.165, 1.54) is 71.2 Å². The van der Waals surface area contributed by atoms with Gasteiger partial charge in [0.25, 0.3) is 0 Å². The number of nitrogens with zero attached hydrogens (tertiary/aromatic N) is 2. The summed E-state index contributed by atoms with van der Waals surface area (Å²) in [6, 6.07) is 0.630. The summed E-state index contributed by atoms with van der Waals surface area (Å²) in [4.78, 5) is 5.21. The first-order valence-electron chi connectivity index (χ1n) is 7.98. The van der Waals surface area contributed by atoms with Crippen molar-refractivity contribution in [3.8, 4) is 0 Å². The Labute approximate surface area is 114 Å². The Hall–Kier alpha value is -0.120. The van der Waals surface area contributed by atoms with Crippen molar-refractivity contribution in [1.29, 1.82) is 0 Å². The second-order valence-electron chi connectivity index (χ2n) is 5.62. The molecule has 1 unspecified atom stereocenters. The molecule has 1 aliphatic rings. The highest BCUT2D eigenvalue weighted by Gasteiger charge is 2.21. The zero-order chi connectivity index (χ0) is 13.2. The van der Waals surface area contributed by atoms with Gasteiger partial charge in [0.2, 0.25) is 0 Å². The van der Waals surface area contributed by atoms with Crippen LogP contribution >= 0.6 is 0 Å². The topological polar surface area (TPSA) is 32.5 Å². The van der Waals surface area contributed by atoms with E-state index in [0.717, 1.165) is 6.54 Å². The molecule has 18 heavy (non-hydrogen) atoms. The van der Waals surface area contributed by atoms with Gasteiger partial charge in [0.1, 0.15) is 0 Å². The third-order valence-corrected chi connectivity index (χ3v) is 4.13. The number of nitrogens with two attached hydrogens (primary N) is 1. The van der Waals surface area contributed by atoms with Gasteiger partial charge in [-0.15, -0.1) is 0 Å². The van der Waals surface area contributed by atoms with Gasteiger partial charge in [0, 0.05) is 38.8 Å². The van der Waals surface area contributed by atoms with Gasteiger partial charge in [-0.25, -0.2) is 0 Å². The lowest BCUT2D eigenvalue weighted by atomic mass is 10.1. The molecule has 1 atom stereocenters. The molecular formula is C15H33N3. The van der Waals surface area contributed by atoms with Gasteiger partial charge >= 0.3 is 0 Å². The Morgan fingerprint density at radius 2 is 1.67 bits per heavy atom. The molecule has 1 rings (SSSR count).